The van der Waals surface area contributed by atoms with Crippen LogP contribution in [0.1, 0.15) is 15.4 Å². The Labute approximate surface area is 187 Å². The lowest BCUT2D eigenvalue weighted by atomic mass is 10.2. The summed E-state index contributed by atoms with van der Waals surface area (Å²) in [6.45, 7) is 1.82. The maximum atomic E-state index is 12.9. The number of carbonyl (C=O) groups is 1. The van der Waals surface area contributed by atoms with Crippen molar-refractivity contribution in [2.75, 3.05) is 5.32 Å². The second kappa shape index (κ2) is 7.41. The Bertz CT molecular complexity index is 1500. The number of halogens is 1. The summed E-state index contributed by atoms with van der Waals surface area (Å²) in [7, 11) is 0. The highest BCUT2D eigenvalue weighted by molar-refractivity contribution is 7.21. The van der Waals surface area contributed by atoms with E-state index in [4.69, 9.17) is 11.6 Å². The number of rotatable bonds is 4. The first-order chi connectivity index (χ1) is 14.9. The summed E-state index contributed by atoms with van der Waals surface area (Å²) in [5.41, 5.74) is 1.38. The Balaban J connectivity index is 1.49. The molecule has 2 aromatic carbocycles. The monoisotopic (exact) mass is 469 g/mol. The van der Waals surface area contributed by atoms with Crippen molar-refractivity contribution in [3.63, 3.8) is 0 Å². The van der Waals surface area contributed by atoms with Crippen molar-refractivity contribution in [1.82, 2.24) is 14.8 Å². The number of nitro benzene ring substituents is 1. The molecule has 0 saturated heterocycles. The van der Waals surface area contributed by atoms with Crippen molar-refractivity contribution < 1.29 is 9.72 Å². The number of amides is 1. The Morgan fingerprint density at radius 1 is 1.16 bits per heavy atom. The lowest BCUT2D eigenvalue weighted by Gasteiger charge is -2.05. The van der Waals surface area contributed by atoms with Crippen LogP contribution in [0.15, 0.2) is 48.5 Å². The van der Waals surface area contributed by atoms with Crippen molar-refractivity contribution in [3.05, 3.63) is 74.2 Å². The number of benzene rings is 2. The maximum Gasteiger partial charge on any atom is 0.270 e. The summed E-state index contributed by atoms with van der Waals surface area (Å²) in [5, 5.41) is 20.1. The molecule has 154 valence electrons. The van der Waals surface area contributed by atoms with Gasteiger partial charge in [-0.25, -0.2) is 4.98 Å². The van der Waals surface area contributed by atoms with E-state index < -0.39 is 4.92 Å². The molecule has 0 aliphatic rings. The van der Waals surface area contributed by atoms with Gasteiger partial charge in [0, 0.05) is 28.3 Å². The Kier molecular flexibility index (Phi) is 4.69. The fraction of sp³-hybridized carbons (Fsp3) is 0.0500. The van der Waals surface area contributed by atoms with Crippen LogP contribution in [0.4, 0.5) is 11.5 Å². The van der Waals surface area contributed by atoms with Crippen LogP contribution in [0.5, 0.6) is 0 Å². The molecule has 0 saturated carbocycles. The van der Waals surface area contributed by atoms with E-state index in [2.05, 4.69) is 15.4 Å². The number of hydrogen-bond acceptors (Lipinski definition) is 7. The number of aromatic nitrogens is 3. The Morgan fingerprint density at radius 2 is 2.00 bits per heavy atom. The zero-order valence-corrected chi connectivity index (χ0v) is 18.2. The van der Waals surface area contributed by atoms with Gasteiger partial charge in [-0.15, -0.1) is 11.3 Å². The number of nitro groups is 1. The van der Waals surface area contributed by atoms with Crippen LogP contribution in [-0.2, 0) is 0 Å². The third-order valence-electron chi connectivity index (χ3n) is 4.55. The molecule has 1 amide bonds. The molecule has 5 aromatic rings. The fourth-order valence-electron chi connectivity index (χ4n) is 3.16. The second-order valence-electron chi connectivity index (χ2n) is 6.71. The third kappa shape index (κ3) is 3.54. The van der Waals surface area contributed by atoms with E-state index in [9.17, 15) is 14.9 Å². The first-order valence-electron chi connectivity index (χ1n) is 9.00. The van der Waals surface area contributed by atoms with Crippen molar-refractivity contribution in [2.45, 2.75) is 6.92 Å². The van der Waals surface area contributed by atoms with E-state index in [0.717, 1.165) is 9.40 Å². The van der Waals surface area contributed by atoms with Gasteiger partial charge in [0.05, 0.1) is 25.2 Å². The van der Waals surface area contributed by atoms with Crippen LogP contribution < -0.4 is 5.32 Å². The quantitative estimate of drug-likeness (QED) is 0.264. The summed E-state index contributed by atoms with van der Waals surface area (Å²) in [5.74, 6) is 0.144. The molecular weight excluding hydrogens is 458 g/mol. The zero-order chi connectivity index (χ0) is 21.7. The predicted molar refractivity (Wildman–Crippen MR) is 123 cm³/mol. The summed E-state index contributed by atoms with van der Waals surface area (Å²) >= 11 is 8.92. The van der Waals surface area contributed by atoms with Gasteiger partial charge < -0.3 is 5.32 Å². The van der Waals surface area contributed by atoms with E-state index in [0.29, 0.717) is 37.4 Å². The topological polar surface area (TPSA) is 103 Å². The van der Waals surface area contributed by atoms with Gasteiger partial charge in [0.2, 0.25) is 5.13 Å². The van der Waals surface area contributed by atoms with Gasteiger partial charge >= 0.3 is 0 Å². The number of carbonyl (C=O) groups excluding carboxylic acids is 1. The van der Waals surface area contributed by atoms with Gasteiger partial charge in [-0.05, 0) is 31.2 Å². The Morgan fingerprint density at radius 3 is 2.77 bits per heavy atom. The molecule has 0 bridgehead atoms. The van der Waals surface area contributed by atoms with Gasteiger partial charge in [0.25, 0.3) is 11.6 Å². The highest BCUT2D eigenvalue weighted by Crippen LogP contribution is 2.32. The molecular formula is C20H12ClN5O3S2. The van der Waals surface area contributed by atoms with Gasteiger partial charge in [-0.2, -0.15) is 9.78 Å². The summed E-state index contributed by atoms with van der Waals surface area (Å²) < 4.78 is 3.28. The minimum absolute atomic E-state index is 0.0135. The molecule has 0 fully saturated rings. The van der Waals surface area contributed by atoms with E-state index >= 15 is 0 Å². The van der Waals surface area contributed by atoms with Gasteiger partial charge in [0.1, 0.15) is 11.3 Å². The highest BCUT2D eigenvalue weighted by atomic mass is 35.5. The van der Waals surface area contributed by atoms with Crippen LogP contribution in [0.2, 0.25) is 5.02 Å². The lowest BCUT2D eigenvalue weighted by molar-refractivity contribution is -0.384. The molecule has 3 aromatic heterocycles. The van der Waals surface area contributed by atoms with E-state index in [1.807, 2.05) is 19.1 Å². The fourth-order valence-corrected chi connectivity index (χ4v) is 5.33. The van der Waals surface area contributed by atoms with E-state index in [1.165, 1.54) is 34.8 Å². The number of hydrogen-bond donors (Lipinski definition) is 1. The van der Waals surface area contributed by atoms with Crippen LogP contribution >= 0.6 is 34.3 Å². The van der Waals surface area contributed by atoms with Gasteiger partial charge in [-0.3, -0.25) is 14.9 Å². The first kappa shape index (κ1) is 19.6. The van der Waals surface area contributed by atoms with Crippen LogP contribution in [0.25, 0.3) is 25.4 Å². The number of anilines is 1. The number of fused-ring (bicyclic) bond motifs is 2. The second-order valence-corrected chi connectivity index (χ2v) is 9.21. The van der Waals surface area contributed by atoms with Crippen LogP contribution in [0.3, 0.4) is 0 Å². The maximum absolute atomic E-state index is 12.9. The molecule has 0 atom stereocenters. The minimum Gasteiger partial charge on any atom is -0.306 e. The summed E-state index contributed by atoms with van der Waals surface area (Å²) in [6.07, 6.45) is 0. The number of para-hydroxylation sites is 1. The third-order valence-corrected chi connectivity index (χ3v) is 6.96. The largest absolute Gasteiger partial charge is 0.306 e. The standard InChI is InChI=1S/C20H12ClN5O3S2/c1-10-7-17(25(24-10)20-23-18-13(21)3-2-4-15(18)31-20)22-19(27)16-9-11-8-12(26(28)29)5-6-14(11)30-16/h2-9H,1H3,(H,22,27). The number of thiophene rings is 1. The first-order valence-corrected chi connectivity index (χ1v) is 11.0. The van der Waals surface area contributed by atoms with E-state index in [1.54, 1.807) is 28.9 Å². The molecule has 0 unspecified atom stereocenters. The average Bonchev–Trinajstić information content (AvgIpc) is 3.43. The number of non-ortho nitro benzene ring substituents is 1. The molecule has 8 nitrogen and oxygen atoms in total. The molecule has 31 heavy (non-hydrogen) atoms. The summed E-state index contributed by atoms with van der Waals surface area (Å²) in [4.78, 5) is 28.5. The van der Waals surface area contributed by atoms with E-state index in [-0.39, 0.29) is 11.6 Å². The van der Waals surface area contributed by atoms with Gasteiger partial charge in [-0.1, -0.05) is 29.0 Å². The van der Waals surface area contributed by atoms with Crippen LogP contribution in [0, 0.1) is 17.0 Å². The number of nitrogens with one attached hydrogen (secondary N) is 1. The molecule has 0 aliphatic carbocycles. The molecule has 1 N–H and O–H groups in total. The number of nitrogens with zero attached hydrogens (tertiary/aromatic N) is 4. The van der Waals surface area contributed by atoms with Crippen molar-refractivity contribution >= 4 is 72.0 Å². The molecule has 3 heterocycles. The Hall–Kier alpha value is -3.34. The average molecular weight is 470 g/mol. The highest BCUT2D eigenvalue weighted by Gasteiger charge is 2.18. The lowest BCUT2D eigenvalue weighted by Crippen LogP contribution is -2.13. The smallest absolute Gasteiger partial charge is 0.270 e. The van der Waals surface area contributed by atoms with Crippen molar-refractivity contribution in [2.24, 2.45) is 0 Å². The molecule has 11 heteroatoms. The number of aryl methyl sites for hydroxylation is 1. The molecule has 0 radical (unpaired) electrons. The summed E-state index contributed by atoms with van der Waals surface area (Å²) in [6, 6.07) is 13.5. The molecule has 5 rings (SSSR count). The minimum atomic E-state index is -0.456. The SMILES string of the molecule is Cc1cc(NC(=O)c2cc3cc([N+](=O)[O-])ccc3s2)n(-c2nc3c(Cl)cccc3s2)n1. The van der Waals surface area contributed by atoms with Crippen molar-refractivity contribution in [1.29, 1.82) is 0 Å². The van der Waals surface area contributed by atoms with Crippen molar-refractivity contribution in [3.8, 4) is 5.13 Å². The van der Waals surface area contributed by atoms with Crippen LogP contribution in [-0.4, -0.2) is 25.6 Å². The zero-order valence-electron chi connectivity index (χ0n) is 15.8. The predicted octanol–water partition coefficient (Wildman–Crippen LogP) is 5.82. The number of thiazole rings is 1. The van der Waals surface area contributed by atoms with Gasteiger partial charge in [0.15, 0.2) is 0 Å². The normalized spacial score (nSPS) is 11.3. The molecule has 0 spiro atoms. The molecule has 0 aliphatic heterocycles.